The molecule has 0 saturated carbocycles. The second-order valence-electron chi connectivity index (χ2n) is 2.49. The summed E-state index contributed by atoms with van der Waals surface area (Å²) < 4.78 is 5.16. The predicted molar refractivity (Wildman–Crippen MR) is 44.7 cm³/mol. The van der Waals surface area contributed by atoms with Crippen LogP contribution < -0.4 is 0 Å². The van der Waals surface area contributed by atoms with Crippen LogP contribution >= 0.6 is 0 Å². The van der Waals surface area contributed by atoms with Gasteiger partial charge in [-0.05, 0) is 13.0 Å². The topological polar surface area (TPSA) is 58.1 Å². The fourth-order valence-corrected chi connectivity index (χ4v) is 0.939. The van der Waals surface area contributed by atoms with Gasteiger partial charge >= 0.3 is 0 Å². The Morgan fingerprint density at radius 3 is 3.08 bits per heavy atom. The highest BCUT2D eigenvalue weighted by Crippen LogP contribution is 1.99. The standard InChI is InChI=1S/C8H14N2O2/c1-2-12-4-3-7-5-8(6-11)10-9-7/h5,11H,2-4,6H2,1H3,(H,9,10). The van der Waals surface area contributed by atoms with E-state index in [0.717, 1.165) is 24.4 Å². The van der Waals surface area contributed by atoms with Crippen molar-refractivity contribution in [1.82, 2.24) is 10.2 Å². The van der Waals surface area contributed by atoms with Gasteiger partial charge in [0, 0.05) is 13.0 Å². The lowest BCUT2D eigenvalue weighted by atomic mass is 10.3. The van der Waals surface area contributed by atoms with Crippen molar-refractivity contribution in [2.45, 2.75) is 20.0 Å². The molecule has 2 N–H and O–H groups in total. The molecule has 0 unspecified atom stereocenters. The van der Waals surface area contributed by atoms with Crippen LogP contribution in [-0.4, -0.2) is 28.5 Å². The molecule has 0 aliphatic carbocycles. The van der Waals surface area contributed by atoms with Gasteiger partial charge in [-0.1, -0.05) is 0 Å². The Hall–Kier alpha value is -0.870. The van der Waals surface area contributed by atoms with Gasteiger partial charge in [0.25, 0.3) is 0 Å². The van der Waals surface area contributed by atoms with Crippen LogP contribution in [0.15, 0.2) is 6.07 Å². The highest BCUT2D eigenvalue weighted by atomic mass is 16.5. The van der Waals surface area contributed by atoms with Crippen LogP contribution in [-0.2, 0) is 17.8 Å². The molecular weight excluding hydrogens is 156 g/mol. The Morgan fingerprint density at radius 1 is 1.67 bits per heavy atom. The Bertz CT molecular complexity index is 223. The van der Waals surface area contributed by atoms with Crippen molar-refractivity contribution in [2.24, 2.45) is 0 Å². The van der Waals surface area contributed by atoms with Gasteiger partial charge in [-0.2, -0.15) is 5.10 Å². The first kappa shape index (κ1) is 9.22. The molecule has 1 heterocycles. The van der Waals surface area contributed by atoms with Gasteiger partial charge in [-0.25, -0.2) is 0 Å². The first-order valence-electron chi connectivity index (χ1n) is 4.08. The van der Waals surface area contributed by atoms with Crippen molar-refractivity contribution in [1.29, 1.82) is 0 Å². The second kappa shape index (κ2) is 4.90. The van der Waals surface area contributed by atoms with Crippen molar-refractivity contribution < 1.29 is 9.84 Å². The lowest BCUT2D eigenvalue weighted by Crippen LogP contribution is -1.97. The van der Waals surface area contributed by atoms with Gasteiger partial charge in [-0.15, -0.1) is 0 Å². The summed E-state index contributed by atoms with van der Waals surface area (Å²) in [6.07, 6.45) is 0.796. The molecule has 1 aromatic rings. The normalized spacial score (nSPS) is 10.5. The molecule has 4 nitrogen and oxygen atoms in total. The predicted octanol–water partition coefficient (Wildman–Crippen LogP) is 0.481. The van der Waals surface area contributed by atoms with E-state index in [0.29, 0.717) is 6.61 Å². The summed E-state index contributed by atoms with van der Waals surface area (Å²) in [4.78, 5) is 0. The zero-order valence-electron chi connectivity index (χ0n) is 7.21. The molecule has 1 aromatic heterocycles. The summed E-state index contributed by atoms with van der Waals surface area (Å²) in [5.74, 6) is 0. The smallest absolute Gasteiger partial charge is 0.0847 e. The highest BCUT2D eigenvalue weighted by Gasteiger charge is 1.98. The Labute approximate surface area is 71.6 Å². The number of aliphatic hydroxyl groups is 1. The molecule has 0 radical (unpaired) electrons. The lowest BCUT2D eigenvalue weighted by Gasteiger charge is -1.96. The molecule has 12 heavy (non-hydrogen) atoms. The van der Waals surface area contributed by atoms with Crippen molar-refractivity contribution in [3.05, 3.63) is 17.5 Å². The Kier molecular flexibility index (Phi) is 3.76. The van der Waals surface area contributed by atoms with Gasteiger partial charge in [0.1, 0.15) is 0 Å². The third-order valence-corrected chi connectivity index (χ3v) is 1.56. The lowest BCUT2D eigenvalue weighted by molar-refractivity contribution is 0.150. The third-order valence-electron chi connectivity index (χ3n) is 1.56. The van der Waals surface area contributed by atoms with Crippen LogP contribution in [0.3, 0.4) is 0 Å². The number of rotatable bonds is 5. The number of ether oxygens (including phenoxy) is 1. The van der Waals surface area contributed by atoms with E-state index in [9.17, 15) is 0 Å². The molecule has 0 fully saturated rings. The Morgan fingerprint density at radius 2 is 2.50 bits per heavy atom. The number of nitrogens with one attached hydrogen (secondary N) is 1. The first-order chi connectivity index (χ1) is 5.86. The average Bonchev–Trinajstić information content (AvgIpc) is 2.53. The van der Waals surface area contributed by atoms with E-state index in [1.807, 2.05) is 13.0 Å². The van der Waals surface area contributed by atoms with Gasteiger partial charge in [0.05, 0.1) is 24.6 Å². The van der Waals surface area contributed by atoms with Crippen molar-refractivity contribution in [3.8, 4) is 0 Å². The number of hydrogen-bond donors (Lipinski definition) is 2. The molecule has 0 aliphatic rings. The van der Waals surface area contributed by atoms with E-state index < -0.39 is 0 Å². The summed E-state index contributed by atoms with van der Waals surface area (Å²) in [7, 11) is 0. The van der Waals surface area contributed by atoms with Crippen molar-refractivity contribution in [2.75, 3.05) is 13.2 Å². The van der Waals surface area contributed by atoms with Crippen LogP contribution in [0.5, 0.6) is 0 Å². The Balaban J connectivity index is 2.31. The highest BCUT2D eigenvalue weighted by molar-refractivity contribution is 5.07. The number of hydrogen-bond acceptors (Lipinski definition) is 3. The van der Waals surface area contributed by atoms with Crippen LogP contribution in [0.4, 0.5) is 0 Å². The summed E-state index contributed by atoms with van der Waals surface area (Å²) in [5, 5.41) is 15.4. The number of aromatic amines is 1. The zero-order valence-corrected chi connectivity index (χ0v) is 7.21. The number of aromatic nitrogens is 2. The van der Waals surface area contributed by atoms with Gasteiger partial charge in [-0.3, -0.25) is 5.10 Å². The summed E-state index contributed by atoms with van der Waals surface area (Å²) in [5.41, 5.74) is 1.69. The van der Waals surface area contributed by atoms with Crippen LogP contribution in [0.2, 0.25) is 0 Å². The molecule has 0 amide bonds. The van der Waals surface area contributed by atoms with E-state index in [4.69, 9.17) is 9.84 Å². The fraction of sp³-hybridized carbons (Fsp3) is 0.625. The maximum absolute atomic E-state index is 8.72. The largest absolute Gasteiger partial charge is 0.390 e. The third kappa shape index (κ3) is 2.64. The maximum Gasteiger partial charge on any atom is 0.0847 e. The van der Waals surface area contributed by atoms with Crippen molar-refractivity contribution in [3.63, 3.8) is 0 Å². The molecule has 0 atom stereocenters. The number of aliphatic hydroxyl groups excluding tert-OH is 1. The average molecular weight is 170 g/mol. The van der Waals surface area contributed by atoms with E-state index in [1.165, 1.54) is 0 Å². The van der Waals surface area contributed by atoms with E-state index in [1.54, 1.807) is 0 Å². The molecule has 1 rings (SSSR count). The molecule has 4 heteroatoms. The summed E-state index contributed by atoms with van der Waals surface area (Å²) in [6, 6.07) is 1.85. The molecule has 0 saturated heterocycles. The van der Waals surface area contributed by atoms with Gasteiger partial charge in [0.2, 0.25) is 0 Å². The first-order valence-corrected chi connectivity index (χ1v) is 4.08. The SMILES string of the molecule is CCOCCc1cc(CO)[nH]n1. The van der Waals surface area contributed by atoms with E-state index >= 15 is 0 Å². The van der Waals surface area contributed by atoms with Crippen molar-refractivity contribution >= 4 is 0 Å². The van der Waals surface area contributed by atoms with E-state index in [2.05, 4.69) is 10.2 Å². The second-order valence-corrected chi connectivity index (χ2v) is 2.49. The minimum Gasteiger partial charge on any atom is -0.390 e. The molecule has 0 bridgehead atoms. The zero-order chi connectivity index (χ0) is 8.81. The van der Waals surface area contributed by atoms with Crippen LogP contribution in [0.25, 0.3) is 0 Å². The number of nitrogens with zero attached hydrogens (tertiary/aromatic N) is 1. The summed E-state index contributed by atoms with van der Waals surface area (Å²) >= 11 is 0. The van der Waals surface area contributed by atoms with Gasteiger partial charge in [0.15, 0.2) is 0 Å². The quantitative estimate of drug-likeness (QED) is 0.632. The molecule has 68 valence electrons. The molecule has 0 spiro atoms. The molecule has 0 aliphatic heterocycles. The maximum atomic E-state index is 8.72. The number of H-pyrrole nitrogens is 1. The molecule has 0 aromatic carbocycles. The van der Waals surface area contributed by atoms with E-state index in [-0.39, 0.29) is 6.61 Å². The monoisotopic (exact) mass is 170 g/mol. The van der Waals surface area contributed by atoms with Crippen LogP contribution in [0, 0.1) is 0 Å². The fourth-order valence-electron chi connectivity index (χ4n) is 0.939. The minimum atomic E-state index is 0.0155. The minimum absolute atomic E-state index is 0.0155. The summed E-state index contributed by atoms with van der Waals surface area (Å²) in [6.45, 7) is 3.40. The molecular formula is C8H14N2O2. The van der Waals surface area contributed by atoms with Gasteiger partial charge < -0.3 is 9.84 Å². The van der Waals surface area contributed by atoms with Crippen LogP contribution in [0.1, 0.15) is 18.3 Å².